The standard InChI is InChI=1S/C20H25N5O4.C2H6/c1-5-6-9-29-19-23-16(21)15-17(24-19)25(20(22-15)28-4)11-13-8-7-12(2)14(10-13)18(26)27-3;1-2/h7-8,10H,5-6,9,11H2,1-4H3,(H2,21,23,24);1-2H3. The van der Waals surface area contributed by atoms with Gasteiger partial charge < -0.3 is 19.9 Å². The lowest BCUT2D eigenvalue weighted by Gasteiger charge is -2.11. The molecule has 0 atom stereocenters. The molecule has 1 aromatic carbocycles. The molecule has 2 aromatic heterocycles. The Morgan fingerprint density at radius 1 is 1.16 bits per heavy atom. The first kappa shape index (κ1) is 23.9. The first-order valence-electron chi connectivity index (χ1n) is 10.4. The van der Waals surface area contributed by atoms with Crippen LogP contribution in [-0.2, 0) is 11.3 Å². The molecule has 9 heteroatoms. The van der Waals surface area contributed by atoms with Gasteiger partial charge in [0.25, 0.3) is 6.01 Å². The van der Waals surface area contributed by atoms with Crippen molar-refractivity contribution in [2.45, 2.75) is 47.1 Å². The van der Waals surface area contributed by atoms with Crippen molar-refractivity contribution in [3.05, 3.63) is 34.9 Å². The van der Waals surface area contributed by atoms with Crippen LogP contribution in [0.2, 0.25) is 0 Å². The van der Waals surface area contributed by atoms with Gasteiger partial charge in [0.15, 0.2) is 17.0 Å². The largest absolute Gasteiger partial charge is 0.468 e. The number of hydrogen-bond donors (Lipinski definition) is 1. The Balaban J connectivity index is 0.00000166. The number of methoxy groups -OCH3 is 2. The number of carbonyl (C=O) groups excluding carboxylic acids is 1. The number of nitrogen functional groups attached to an aromatic ring is 1. The SMILES string of the molecule is CC.CCCCOc1nc(N)c2nc(OC)n(Cc3ccc(C)c(C(=O)OC)c3)c2n1. The lowest BCUT2D eigenvalue weighted by Crippen LogP contribution is -2.09. The van der Waals surface area contributed by atoms with Gasteiger partial charge in [-0.25, -0.2) is 4.79 Å². The van der Waals surface area contributed by atoms with E-state index in [1.54, 1.807) is 10.6 Å². The minimum Gasteiger partial charge on any atom is -0.468 e. The van der Waals surface area contributed by atoms with Gasteiger partial charge in [-0.1, -0.05) is 39.3 Å². The molecule has 0 spiro atoms. The molecule has 3 aromatic rings. The second kappa shape index (κ2) is 11.1. The zero-order valence-corrected chi connectivity index (χ0v) is 19.1. The number of fused-ring (bicyclic) bond motifs is 1. The number of aryl methyl sites for hydroxylation is 1. The second-order valence-corrected chi connectivity index (χ2v) is 6.59. The summed E-state index contributed by atoms with van der Waals surface area (Å²) in [5.74, 6) is -0.164. The number of unbranched alkanes of at least 4 members (excludes halogenated alkanes) is 1. The molecule has 168 valence electrons. The highest BCUT2D eigenvalue weighted by atomic mass is 16.5. The smallest absolute Gasteiger partial charge is 0.338 e. The molecule has 0 bridgehead atoms. The molecule has 0 amide bonds. The number of hydrogen-bond acceptors (Lipinski definition) is 8. The van der Waals surface area contributed by atoms with Gasteiger partial charge in [0, 0.05) is 0 Å². The summed E-state index contributed by atoms with van der Waals surface area (Å²) in [4.78, 5) is 25.1. The molecule has 0 fully saturated rings. The number of aromatic nitrogens is 4. The summed E-state index contributed by atoms with van der Waals surface area (Å²) in [7, 11) is 2.88. The molecule has 2 heterocycles. The Morgan fingerprint density at radius 2 is 1.90 bits per heavy atom. The monoisotopic (exact) mass is 429 g/mol. The van der Waals surface area contributed by atoms with E-state index in [9.17, 15) is 4.79 Å². The van der Waals surface area contributed by atoms with Crippen LogP contribution in [0.4, 0.5) is 5.82 Å². The normalized spacial score (nSPS) is 10.4. The van der Waals surface area contributed by atoms with Crippen molar-refractivity contribution < 1.29 is 19.0 Å². The number of rotatable bonds is 8. The number of anilines is 1. The molecule has 0 radical (unpaired) electrons. The molecular formula is C22H31N5O4. The number of nitrogens with two attached hydrogens (primary N) is 1. The van der Waals surface area contributed by atoms with E-state index < -0.39 is 0 Å². The Bertz CT molecular complexity index is 1030. The van der Waals surface area contributed by atoms with Crippen molar-refractivity contribution in [3.8, 4) is 12.0 Å². The minimum absolute atomic E-state index is 0.200. The van der Waals surface area contributed by atoms with E-state index in [1.807, 2.05) is 32.9 Å². The fourth-order valence-corrected chi connectivity index (χ4v) is 2.93. The maximum Gasteiger partial charge on any atom is 0.338 e. The summed E-state index contributed by atoms with van der Waals surface area (Å²) in [5, 5.41) is 0. The Labute approximate surface area is 182 Å². The van der Waals surface area contributed by atoms with E-state index in [2.05, 4.69) is 21.9 Å². The van der Waals surface area contributed by atoms with E-state index in [4.69, 9.17) is 19.9 Å². The number of benzene rings is 1. The van der Waals surface area contributed by atoms with Crippen LogP contribution in [0.5, 0.6) is 12.0 Å². The molecule has 0 saturated heterocycles. The van der Waals surface area contributed by atoms with Crippen LogP contribution >= 0.6 is 0 Å². The quantitative estimate of drug-likeness (QED) is 0.425. The van der Waals surface area contributed by atoms with E-state index in [1.165, 1.54) is 14.2 Å². The van der Waals surface area contributed by atoms with E-state index in [-0.39, 0.29) is 17.8 Å². The van der Waals surface area contributed by atoms with Crippen LogP contribution in [0.1, 0.15) is 55.1 Å². The molecule has 0 aliphatic rings. The molecule has 3 rings (SSSR count). The van der Waals surface area contributed by atoms with Gasteiger partial charge in [-0.3, -0.25) is 4.57 Å². The van der Waals surface area contributed by atoms with Crippen molar-refractivity contribution in [1.29, 1.82) is 0 Å². The van der Waals surface area contributed by atoms with Gasteiger partial charge in [-0.15, -0.1) is 0 Å². The number of esters is 1. The van der Waals surface area contributed by atoms with Crippen LogP contribution in [0.3, 0.4) is 0 Å². The lowest BCUT2D eigenvalue weighted by atomic mass is 10.1. The maximum absolute atomic E-state index is 12.0. The summed E-state index contributed by atoms with van der Waals surface area (Å²) >= 11 is 0. The summed E-state index contributed by atoms with van der Waals surface area (Å²) in [6, 6.07) is 6.13. The number of nitrogens with zero attached hydrogens (tertiary/aromatic N) is 4. The van der Waals surface area contributed by atoms with Crippen LogP contribution < -0.4 is 15.2 Å². The van der Waals surface area contributed by atoms with Crippen LogP contribution in [0.25, 0.3) is 11.2 Å². The van der Waals surface area contributed by atoms with Gasteiger partial charge in [0.05, 0.1) is 32.9 Å². The molecule has 0 aliphatic carbocycles. The molecular weight excluding hydrogens is 398 g/mol. The molecule has 2 N–H and O–H groups in total. The lowest BCUT2D eigenvalue weighted by molar-refractivity contribution is 0.0599. The molecule has 0 aliphatic heterocycles. The third-order valence-electron chi connectivity index (χ3n) is 4.53. The average molecular weight is 430 g/mol. The van der Waals surface area contributed by atoms with E-state index >= 15 is 0 Å². The van der Waals surface area contributed by atoms with Gasteiger partial charge in [0.1, 0.15) is 0 Å². The van der Waals surface area contributed by atoms with Gasteiger partial charge in [0.2, 0.25) is 0 Å². The summed E-state index contributed by atoms with van der Waals surface area (Å²) in [6.45, 7) is 8.81. The van der Waals surface area contributed by atoms with E-state index in [0.717, 1.165) is 24.0 Å². The minimum atomic E-state index is -0.384. The molecule has 31 heavy (non-hydrogen) atoms. The molecule has 0 unspecified atom stereocenters. The third-order valence-corrected chi connectivity index (χ3v) is 4.53. The van der Waals surface area contributed by atoms with Crippen molar-refractivity contribution in [3.63, 3.8) is 0 Å². The van der Waals surface area contributed by atoms with Crippen LogP contribution in [0, 0.1) is 6.92 Å². The number of ether oxygens (including phenoxy) is 3. The highest BCUT2D eigenvalue weighted by molar-refractivity contribution is 5.91. The third kappa shape index (κ3) is 5.42. The van der Waals surface area contributed by atoms with E-state index in [0.29, 0.717) is 35.9 Å². The zero-order chi connectivity index (χ0) is 23.0. The second-order valence-electron chi connectivity index (χ2n) is 6.59. The topological polar surface area (TPSA) is 114 Å². The summed E-state index contributed by atoms with van der Waals surface area (Å²) < 4.78 is 17.7. The average Bonchev–Trinajstić information content (AvgIpc) is 3.14. The maximum atomic E-state index is 12.0. The Hall–Kier alpha value is -3.36. The van der Waals surface area contributed by atoms with Crippen LogP contribution in [-0.4, -0.2) is 46.3 Å². The summed E-state index contributed by atoms with van der Waals surface area (Å²) in [5.41, 5.74) is 9.21. The zero-order valence-electron chi connectivity index (χ0n) is 19.1. The first-order chi connectivity index (χ1) is 15.0. The highest BCUT2D eigenvalue weighted by Crippen LogP contribution is 2.27. The van der Waals surface area contributed by atoms with Gasteiger partial charge in [-0.2, -0.15) is 15.0 Å². The Kier molecular flexibility index (Phi) is 8.60. The summed E-state index contributed by atoms with van der Waals surface area (Å²) in [6.07, 6.45) is 1.89. The van der Waals surface area contributed by atoms with Gasteiger partial charge in [-0.05, 0) is 30.5 Å². The fourth-order valence-electron chi connectivity index (χ4n) is 2.93. The first-order valence-corrected chi connectivity index (χ1v) is 10.4. The molecule has 0 saturated carbocycles. The highest BCUT2D eigenvalue weighted by Gasteiger charge is 2.19. The number of imidazole rings is 1. The van der Waals surface area contributed by atoms with Crippen molar-refractivity contribution in [2.24, 2.45) is 0 Å². The fraction of sp³-hybridized carbons (Fsp3) is 0.455. The van der Waals surface area contributed by atoms with Crippen molar-refractivity contribution in [2.75, 3.05) is 26.6 Å². The molecule has 9 nitrogen and oxygen atoms in total. The predicted molar refractivity (Wildman–Crippen MR) is 120 cm³/mol. The van der Waals surface area contributed by atoms with Crippen molar-refractivity contribution >= 4 is 23.0 Å². The van der Waals surface area contributed by atoms with Gasteiger partial charge >= 0.3 is 12.0 Å². The van der Waals surface area contributed by atoms with Crippen molar-refractivity contribution in [1.82, 2.24) is 19.5 Å². The number of carbonyl (C=O) groups is 1. The predicted octanol–water partition coefficient (Wildman–Crippen LogP) is 3.77. The van der Waals surface area contributed by atoms with Crippen LogP contribution in [0.15, 0.2) is 18.2 Å². The Morgan fingerprint density at radius 3 is 2.55 bits per heavy atom.